The van der Waals surface area contributed by atoms with Crippen molar-refractivity contribution in [3.8, 4) is 0 Å². The Balaban J connectivity index is 1.62. The second-order valence-corrected chi connectivity index (χ2v) is 10.2. The first kappa shape index (κ1) is 27.3. The van der Waals surface area contributed by atoms with E-state index in [-0.39, 0.29) is 43.3 Å². The highest BCUT2D eigenvalue weighted by Crippen LogP contribution is 2.30. The van der Waals surface area contributed by atoms with Gasteiger partial charge in [-0.1, -0.05) is 84.3 Å². The lowest BCUT2D eigenvalue weighted by Gasteiger charge is -2.55. The lowest BCUT2D eigenvalue weighted by molar-refractivity contribution is -0.188. The van der Waals surface area contributed by atoms with E-state index in [4.69, 9.17) is 0 Å². The van der Waals surface area contributed by atoms with E-state index < -0.39 is 12.2 Å². The van der Waals surface area contributed by atoms with E-state index in [1.54, 1.807) is 32.0 Å². The van der Waals surface area contributed by atoms with Gasteiger partial charge in [-0.05, 0) is 36.6 Å². The van der Waals surface area contributed by atoms with Gasteiger partial charge < -0.3 is 15.1 Å². The molecule has 0 aromatic heterocycles. The Kier molecular flexibility index (Phi) is 9.01. The fraction of sp³-hybridized carbons (Fsp3) is 0.444. The molecule has 0 unspecified atom stereocenters. The van der Waals surface area contributed by atoms with E-state index in [0.29, 0.717) is 17.5 Å². The van der Waals surface area contributed by atoms with E-state index in [1.165, 1.54) is 12.1 Å². The van der Waals surface area contributed by atoms with Crippen molar-refractivity contribution in [3.63, 3.8) is 0 Å². The number of unbranched alkanes of at least 4 members (excludes halogenated alkanes) is 1. The molecule has 2 fully saturated rings. The van der Waals surface area contributed by atoms with Gasteiger partial charge in [-0.25, -0.2) is 14.2 Å². The van der Waals surface area contributed by atoms with E-state index in [1.807, 2.05) is 25.1 Å². The molecule has 0 bridgehead atoms. The quantitative estimate of drug-likeness (QED) is 0.275. The van der Waals surface area contributed by atoms with Crippen molar-refractivity contribution in [3.05, 3.63) is 71.0 Å². The summed E-state index contributed by atoms with van der Waals surface area (Å²) in [6, 6.07) is 13.0. The molecule has 0 saturated carbocycles. The number of hydrazine groups is 1. The predicted molar refractivity (Wildman–Crippen MR) is 147 cm³/mol. The topological polar surface area (TPSA) is 76.2 Å². The summed E-state index contributed by atoms with van der Waals surface area (Å²) in [6.07, 6.45) is 1.64. The summed E-state index contributed by atoms with van der Waals surface area (Å²) in [6.45, 7) is 4.95. The summed E-state index contributed by atoms with van der Waals surface area (Å²) in [7, 11) is 0. The number of halogens is 2. The molecule has 4 rings (SSSR count). The highest BCUT2D eigenvalue weighted by atomic mass is 127. The third kappa shape index (κ3) is 6.23. The van der Waals surface area contributed by atoms with Gasteiger partial charge in [0, 0.05) is 13.1 Å². The van der Waals surface area contributed by atoms with Crippen LogP contribution in [0.15, 0.2) is 48.5 Å². The number of alkyl halides is 1. The van der Waals surface area contributed by atoms with E-state index in [0.717, 1.165) is 29.5 Å². The van der Waals surface area contributed by atoms with Crippen LogP contribution in [-0.4, -0.2) is 67.5 Å². The van der Waals surface area contributed by atoms with Gasteiger partial charge in [0.1, 0.15) is 18.0 Å². The number of rotatable bonds is 8. The summed E-state index contributed by atoms with van der Waals surface area (Å²) in [5.74, 6) is -0.557. The average molecular weight is 621 g/mol. The SMILES string of the molecule is CCCC[C@H]1C(=O)N(Cc2cccc(C)c2)C[C@H]2N1C(=O)CN(CI)N2C(=O)NCc1ccc(F)cc1. The van der Waals surface area contributed by atoms with Gasteiger partial charge in [0.2, 0.25) is 11.8 Å². The molecular weight excluding hydrogens is 588 g/mol. The number of piperazine rings is 1. The number of benzene rings is 2. The molecule has 10 heteroatoms. The zero-order valence-corrected chi connectivity index (χ0v) is 23.4. The first-order chi connectivity index (χ1) is 17.8. The summed E-state index contributed by atoms with van der Waals surface area (Å²) < 4.78 is 13.7. The number of carbonyl (C=O) groups excluding carboxylic acids is 3. The molecule has 198 valence electrons. The van der Waals surface area contributed by atoms with Crippen LogP contribution in [0.3, 0.4) is 0 Å². The fourth-order valence-corrected chi connectivity index (χ4v) is 5.58. The van der Waals surface area contributed by atoms with Gasteiger partial charge in [0.25, 0.3) is 0 Å². The summed E-state index contributed by atoms with van der Waals surface area (Å²) in [5.41, 5.74) is 2.88. The second kappa shape index (κ2) is 12.2. The highest BCUT2D eigenvalue weighted by molar-refractivity contribution is 14.1. The highest BCUT2D eigenvalue weighted by Gasteiger charge is 2.50. The molecule has 2 heterocycles. The van der Waals surface area contributed by atoms with Crippen LogP contribution in [0.5, 0.6) is 0 Å². The number of carbonyl (C=O) groups is 3. The number of nitrogens with zero attached hydrogens (tertiary/aromatic N) is 4. The first-order valence-corrected chi connectivity index (χ1v) is 14.1. The minimum absolute atomic E-state index is 0.0250. The zero-order valence-electron chi connectivity index (χ0n) is 21.2. The number of amides is 4. The number of urea groups is 1. The Morgan fingerprint density at radius 2 is 1.89 bits per heavy atom. The number of hydrogen-bond donors (Lipinski definition) is 1. The molecule has 37 heavy (non-hydrogen) atoms. The lowest BCUT2D eigenvalue weighted by atomic mass is 10.0. The molecule has 2 aliphatic rings. The Morgan fingerprint density at radius 3 is 2.57 bits per heavy atom. The molecule has 8 nitrogen and oxygen atoms in total. The molecule has 2 aromatic rings. The molecule has 0 aliphatic carbocycles. The van der Waals surface area contributed by atoms with Crippen LogP contribution in [0.4, 0.5) is 9.18 Å². The molecule has 0 radical (unpaired) electrons. The molecule has 1 N–H and O–H groups in total. The molecule has 2 atom stereocenters. The predicted octanol–water partition coefficient (Wildman–Crippen LogP) is 4.02. The third-order valence-electron chi connectivity index (χ3n) is 6.82. The van der Waals surface area contributed by atoms with Gasteiger partial charge in [0.15, 0.2) is 0 Å². The number of fused-ring (bicyclic) bond motifs is 1. The van der Waals surface area contributed by atoms with Crippen LogP contribution < -0.4 is 5.32 Å². The van der Waals surface area contributed by atoms with Crippen molar-refractivity contribution < 1.29 is 18.8 Å². The van der Waals surface area contributed by atoms with Crippen LogP contribution in [-0.2, 0) is 22.7 Å². The monoisotopic (exact) mass is 621 g/mol. The summed E-state index contributed by atoms with van der Waals surface area (Å²) in [5, 5.41) is 6.23. The molecule has 2 aliphatic heterocycles. The largest absolute Gasteiger partial charge is 0.334 e. The minimum Gasteiger partial charge on any atom is -0.333 e. The molecular formula is C27H33FIN5O3. The Hall–Kier alpha value is -2.73. The maximum absolute atomic E-state index is 13.7. The van der Waals surface area contributed by atoms with E-state index >= 15 is 0 Å². The fourth-order valence-electron chi connectivity index (χ4n) is 5.01. The van der Waals surface area contributed by atoms with Crippen molar-refractivity contribution in [2.24, 2.45) is 0 Å². The van der Waals surface area contributed by atoms with Gasteiger partial charge in [-0.3, -0.25) is 9.59 Å². The van der Waals surface area contributed by atoms with Gasteiger partial charge in [-0.15, -0.1) is 0 Å². The maximum atomic E-state index is 13.7. The van der Waals surface area contributed by atoms with E-state index in [9.17, 15) is 18.8 Å². The van der Waals surface area contributed by atoms with Crippen LogP contribution in [0.25, 0.3) is 0 Å². The smallest absolute Gasteiger partial charge is 0.333 e. The minimum atomic E-state index is -0.617. The normalized spacial score (nSPS) is 20.3. The van der Waals surface area contributed by atoms with Gasteiger partial charge in [-0.2, -0.15) is 5.01 Å². The molecule has 2 saturated heterocycles. The van der Waals surface area contributed by atoms with Crippen LogP contribution in [0.2, 0.25) is 0 Å². The van der Waals surface area contributed by atoms with Gasteiger partial charge in [0.05, 0.1) is 17.6 Å². The van der Waals surface area contributed by atoms with Crippen molar-refractivity contribution in [2.75, 3.05) is 17.6 Å². The molecule has 2 aromatic carbocycles. The van der Waals surface area contributed by atoms with Crippen molar-refractivity contribution >= 4 is 40.4 Å². The first-order valence-electron chi connectivity index (χ1n) is 12.6. The second-order valence-electron chi connectivity index (χ2n) is 9.56. The maximum Gasteiger partial charge on any atom is 0.334 e. The third-order valence-corrected chi connectivity index (χ3v) is 7.61. The Bertz CT molecular complexity index is 1130. The Morgan fingerprint density at radius 1 is 1.14 bits per heavy atom. The van der Waals surface area contributed by atoms with Crippen molar-refractivity contribution in [1.29, 1.82) is 0 Å². The van der Waals surface area contributed by atoms with E-state index in [2.05, 4.69) is 40.9 Å². The Labute approximate surface area is 230 Å². The number of nitrogens with one attached hydrogen (secondary N) is 1. The van der Waals surface area contributed by atoms with Crippen LogP contribution >= 0.6 is 22.6 Å². The molecule has 4 amide bonds. The van der Waals surface area contributed by atoms with Gasteiger partial charge >= 0.3 is 6.03 Å². The average Bonchev–Trinajstić information content (AvgIpc) is 2.88. The standard InChI is InChI=1S/C27H33FIN5O3/c1-3-4-8-23-26(36)31(15-21-7-5-6-19(2)13-21)16-24-33(23)25(35)17-32(18-29)34(24)27(37)30-14-20-9-11-22(28)12-10-20/h5-7,9-13,23-24H,3-4,8,14-18H2,1-2H3,(H,30,37)/t23-,24-/m0/s1. The summed E-state index contributed by atoms with van der Waals surface area (Å²) >= 11 is 2.14. The molecule has 0 spiro atoms. The number of aryl methyl sites for hydroxylation is 1. The van der Waals surface area contributed by atoms with Crippen molar-refractivity contribution in [2.45, 2.75) is 58.4 Å². The zero-order chi connectivity index (χ0) is 26.5. The number of hydrogen-bond acceptors (Lipinski definition) is 4. The van der Waals surface area contributed by atoms with Crippen LogP contribution in [0.1, 0.15) is 42.9 Å². The lowest BCUT2D eigenvalue weighted by Crippen LogP contribution is -2.76. The van der Waals surface area contributed by atoms with Crippen molar-refractivity contribution in [1.82, 2.24) is 25.1 Å². The van der Waals surface area contributed by atoms with Crippen LogP contribution in [0, 0.1) is 12.7 Å². The summed E-state index contributed by atoms with van der Waals surface area (Å²) in [4.78, 5) is 43.9.